The van der Waals surface area contributed by atoms with E-state index < -0.39 is 0 Å². The molecule has 0 fully saturated rings. The van der Waals surface area contributed by atoms with Gasteiger partial charge in [-0.15, -0.1) is 0 Å². The van der Waals surface area contributed by atoms with Gasteiger partial charge in [0.1, 0.15) is 0 Å². The summed E-state index contributed by atoms with van der Waals surface area (Å²) in [5.74, 6) is 0. The van der Waals surface area contributed by atoms with E-state index in [1.807, 2.05) is 0 Å². The second kappa shape index (κ2) is 54.7. The summed E-state index contributed by atoms with van der Waals surface area (Å²) < 4.78 is 1.37. The van der Waals surface area contributed by atoms with Gasteiger partial charge in [-0.2, -0.15) is 0 Å². The molecule has 1 radical (unpaired) electrons. The van der Waals surface area contributed by atoms with E-state index >= 15 is 0 Å². The predicted octanol–water partition coefficient (Wildman–Crippen LogP) is 17.9. The van der Waals surface area contributed by atoms with Crippen molar-refractivity contribution in [1.29, 1.82) is 0 Å². The number of nitrogens with zero attached hydrogens (tertiary/aromatic N) is 2. The van der Waals surface area contributed by atoms with Gasteiger partial charge in [0.05, 0.1) is 0 Å². The second-order valence-corrected chi connectivity index (χ2v) is 19.3. The Kier molecular flexibility index (Phi) is 59.6. The number of thiocarbonyl (C=S) groups is 2. The Labute approximate surface area is 392 Å². The van der Waals surface area contributed by atoms with Gasteiger partial charge >= 0.3 is 16.8 Å². The van der Waals surface area contributed by atoms with Crippen molar-refractivity contribution in [3.05, 3.63) is 0 Å². The number of hydrogen-bond donors (Lipinski definition) is 0. The van der Waals surface area contributed by atoms with Gasteiger partial charge in [-0.3, -0.25) is 0 Å². The SMILES string of the molecule is CCCCCCCCCCCCN(CCCCCCCCCCCC)C(=S)[S-].CCCCCCCCCCCCN(CCCCCCCCCCCC)C(=S)[S-].[Co+2]. The molecule has 0 saturated heterocycles. The molecule has 0 saturated carbocycles. The van der Waals surface area contributed by atoms with Crippen LogP contribution in [0.2, 0.25) is 0 Å². The summed E-state index contributed by atoms with van der Waals surface area (Å²) in [4.78, 5) is 4.56. The van der Waals surface area contributed by atoms with E-state index in [1.54, 1.807) is 0 Å². The Morgan fingerprint density at radius 3 is 0.509 bits per heavy atom. The normalized spacial score (nSPS) is 10.9. The molecule has 0 aromatic rings. The summed E-state index contributed by atoms with van der Waals surface area (Å²) in [6, 6.07) is 0. The van der Waals surface area contributed by atoms with Crippen LogP contribution in [0.5, 0.6) is 0 Å². The van der Waals surface area contributed by atoms with Crippen molar-refractivity contribution >= 4 is 58.3 Å². The van der Waals surface area contributed by atoms with Gasteiger partial charge in [-0.1, -0.05) is 267 Å². The maximum Gasteiger partial charge on any atom is 2.00 e. The van der Waals surface area contributed by atoms with Crippen LogP contribution in [0.4, 0.5) is 0 Å². The van der Waals surface area contributed by atoms with Crippen molar-refractivity contribution < 1.29 is 16.8 Å². The van der Waals surface area contributed by atoms with Crippen molar-refractivity contribution in [2.45, 2.75) is 285 Å². The van der Waals surface area contributed by atoms with E-state index in [4.69, 9.17) is 49.7 Å². The molecule has 0 rings (SSSR count). The van der Waals surface area contributed by atoms with E-state index in [1.165, 1.54) is 257 Å². The van der Waals surface area contributed by atoms with Gasteiger partial charge in [0.15, 0.2) is 0 Å². The predicted molar refractivity (Wildman–Crippen MR) is 270 cm³/mol. The molecule has 0 heterocycles. The van der Waals surface area contributed by atoms with Crippen LogP contribution >= 0.6 is 24.4 Å². The van der Waals surface area contributed by atoms with Crippen LogP contribution < -0.4 is 0 Å². The Balaban J connectivity index is -0.00000101. The first-order valence-electron chi connectivity index (χ1n) is 25.4. The van der Waals surface area contributed by atoms with E-state index in [2.05, 4.69) is 37.5 Å². The van der Waals surface area contributed by atoms with Gasteiger partial charge in [-0.25, -0.2) is 0 Å². The van der Waals surface area contributed by atoms with Crippen molar-refractivity contribution in [3.63, 3.8) is 0 Å². The molecule has 7 heteroatoms. The topological polar surface area (TPSA) is 6.48 Å². The summed E-state index contributed by atoms with van der Waals surface area (Å²) in [7, 11) is 0. The molecule has 0 aliphatic heterocycles. The maximum atomic E-state index is 5.30. The molecule has 0 atom stereocenters. The fourth-order valence-electron chi connectivity index (χ4n) is 7.75. The zero-order valence-electron chi connectivity index (χ0n) is 39.0. The smallest absolute Gasteiger partial charge is 0.411 e. The second-order valence-electron chi connectivity index (χ2n) is 17.2. The summed E-state index contributed by atoms with van der Waals surface area (Å²) >= 11 is 21.2. The Hall–Kier alpha value is 0.726. The van der Waals surface area contributed by atoms with Crippen LogP contribution in [0.1, 0.15) is 285 Å². The molecular weight excluding hydrogens is 816 g/mol. The fourth-order valence-corrected chi connectivity index (χ4v) is 8.48. The van der Waals surface area contributed by atoms with E-state index in [-0.39, 0.29) is 16.8 Å². The van der Waals surface area contributed by atoms with Crippen molar-refractivity contribution in [2.75, 3.05) is 26.2 Å². The first kappa shape index (κ1) is 62.0. The Morgan fingerprint density at radius 2 is 0.386 bits per heavy atom. The van der Waals surface area contributed by atoms with Gasteiger partial charge in [0.2, 0.25) is 0 Å². The zero-order chi connectivity index (χ0) is 41.4. The van der Waals surface area contributed by atoms with Crippen LogP contribution in [-0.2, 0) is 42.0 Å². The molecule has 0 N–H and O–H groups in total. The molecule has 0 aliphatic rings. The first-order valence-corrected chi connectivity index (χ1v) is 27.0. The van der Waals surface area contributed by atoms with E-state index in [9.17, 15) is 0 Å². The molecule has 0 spiro atoms. The fraction of sp³-hybridized carbons (Fsp3) is 0.960. The first-order chi connectivity index (χ1) is 27.4. The average Bonchev–Trinajstić information content (AvgIpc) is 3.19. The zero-order valence-corrected chi connectivity index (χ0v) is 43.3. The minimum absolute atomic E-state index is 0. The summed E-state index contributed by atoms with van der Waals surface area (Å²) in [6.07, 6.45) is 55.4. The number of rotatable bonds is 44. The molecule has 57 heavy (non-hydrogen) atoms. The van der Waals surface area contributed by atoms with Gasteiger partial charge in [0.25, 0.3) is 0 Å². The Morgan fingerprint density at radius 1 is 0.263 bits per heavy atom. The quantitative estimate of drug-likeness (QED) is 0.0339. The van der Waals surface area contributed by atoms with Crippen molar-refractivity contribution in [3.8, 4) is 0 Å². The monoisotopic (exact) mass is 916 g/mol. The van der Waals surface area contributed by atoms with Crippen LogP contribution in [0, 0.1) is 0 Å². The standard InChI is InChI=1S/2C25H51NS2.Co/c2*1-3-5-7-9-11-13-15-17-19-21-23-26(25(27)28)24-22-20-18-16-14-12-10-8-6-4-2;/h2*3-24H2,1-2H3,(H,27,28);/q;;+2/p-2. The largest absolute Gasteiger partial charge is 2.00 e. The van der Waals surface area contributed by atoms with Crippen LogP contribution in [-0.4, -0.2) is 44.6 Å². The Bertz CT molecular complexity index is 661. The van der Waals surface area contributed by atoms with Gasteiger partial charge < -0.3 is 59.5 Å². The third-order valence-electron chi connectivity index (χ3n) is 11.6. The number of hydrogen-bond acceptors (Lipinski definition) is 4. The molecule has 0 aliphatic carbocycles. The van der Waals surface area contributed by atoms with E-state index in [0.29, 0.717) is 8.64 Å². The molecule has 0 aromatic carbocycles. The summed E-state index contributed by atoms with van der Waals surface area (Å²) in [6.45, 7) is 13.5. The minimum atomic E-state index is 0. The molecule has 0 aromatic heterocycles. The van der Waals surface area contributed by atoms with Gasteiger partial charge in [-0.05, 0) is 25.7 Å². The average molecular weight is 917 g/mol. The summed E-state index contributed by atoms with van der Waals surface area (Å²) in [5.41, 5.74) is 0. The minimum Gasteiger partial charge on any atom is -0.411 e. The molecule has 2 nitrogen and oxygen atoms in total. The van der Waals surface area contributed by atoms with Gasteiger partial charge in [0, 0.05) is 26.2 Å². The molecule has 0 unspecified atom stereocenters. The van der Waals surface area contributed by atoms with Crippen molar-refractivity contribution in [1.82, 2.24) is 9.80 Å². The van der Waals surface area contributed by atoms with E-state index in [0.717, 1.165) is 26.2 Å². The summed E-state index contributed by atoms with van der Waals surface area (Å²) in [5, 5.41) is 0. The number of unbranched alkanes of at least 4 members (excludes halogenated alkanes) is 36. The third-order valence-corrected chi connectivity index (χ3v) is 12.7. The molecular formula is C50H100CoN2S4. The van der Waals surface area contributed by atoms with Crippen LogP contribution in [0.3, 0.4) is 0 Å². The van der Waals surface area contributed by atoms with Crippen molar-refractivity contribution in [2.24, 2.45) is 0 Å². The van der Waals surface area contributed by atoms with Crippen LogP contribution in [0.25, 0.3) is 0 Å². The molecule has 0 amide bonds. The molecule has 343 valence electrons. The third kappa shape index (κ3) is 52.8. The van der Waals surface area contributed by atoms with Crippen LogP contribution in [0.15, 0.2) is 0 Å². The maximum absolute atomic E-state index is 5.30. The molecule has 0 bridgehead atoms.